The second-order valence-corrected chi connectivity index (χ2v) is 4.94. The van der Waals surface area contributed by atoms with Gasteiger partial charge in [-0.25, -0.2) is 0 Å². The highest BCUT2D eigenvalue weighted by atomic mass is 16.5. The number of nitrogens with zero attached hydrogens (tertiary/aromatic N) is 1. The summed E-state index contributed by atoms with van der Waals surface area (Å²) in [5, 5.41) is 11.7. The minimum atomic E-state index is -0.851. The monoisotopic (exact) mass is 287 g/mol. The number of carbonyl (C=O) groups is 2. The van der Waals surface area contributed by atoms with Crippen LogP contribution in [0.5, 0.6) is 0 Å². The third-order valence-electron chi connectivity index (χ3n) is 3.44. The Morgan fingerprint density at radius 1 is 1.48 bits per heavy atom. The van der Waals surface area contributed by atoms with E-state index >= 15 is 0 Å². The fourth-order valence-electron chi connectivity index (χ4n) is 2.30. The van der Waals surface area contributed by atoms with Crippen molar-refractivity contribution < 1.29 is 14.3 Å². The van der Waals surface area contributed by atoms with Crippen molar-refractivity contribution in [2.75, 3.05) is 6.61 Å². The number of rotatable bonds is 5. The predicted molar refractivity (Wildman–Crippen MR) is 75.0 cm³/mol. The van der Waals surface area contributed by atoms with E-state index in [4.69, 9.17) is 15.7 Å². The lowest BCUT2D eigenvalue weighted by Gasteiger charge is -2.18. The van der Waals surface area contributed by atoms with Crippen molar-refractivity contribution in [3.63, 3.8) is 0 Å². The number of ether oxygens (including phenoxy) is 1. The minimum Gasteiger partial charge on any atom is -0.368 e. The lowest BCUT2D eigenvalue weighted by Crippen LogP contribution is -2.49. The Hall–Kier alpha value is -2.39. The van der Waals surface area contributed by atoms with E-state index in [1.54, 1.807) is 24.3 Å². The molecule has 1 aliphatic rings. The van der Waals surface area contributed by atoms with E-state index in [1.807, 2.05) is 0 Å². The fraction of sp³-hybridized carbons (Fsp3) is 0.400. The van der Waals surface area contributed by atoms with Crippen molar-refractivity contribution in [3.8, 4) is 6.07 Å². The molecule has 0 unspecified atom stereocenters. The van der Waals surface area contributed by atoms with Crippen LogP contribution >= 0.6 is 0 Å². The maximum absolute atomic E-state index is 12.0. The van der Waals surface area contributed by atoms with Crippen LogP contribution in [-0.2, 0) is 20.7 Å². The van der Waals surface area contributed by atoms with Gasteiger partial charge in [-0.05, 0) is 24.5 Å². The number of primary amides is 1. The predicted octanol–water partition coefficient (Wildman–Crippen LogP) is 0.250. The Balaban J connectivity index is 2.07. The number of nitrogens with one attached hydrogen (secondary N) is 1. The van der Waals surface area contributed by atoms with Crippen LogP contribution in [0.25, 0.3) is 0 Å². The summed E-state index contributed by atoms with van der Waals surface area (Å²) in [6.07, 6.45) is 1.15. The molecule has 1 fully saturated rings. The van der Waals surface area contributed by atoms with Crippen molar-refractivity contribution >= 4 is 11.8 Å². The van der Waals surface area contributed by atoms with E-state index in [0.29, 0.717) is 24.2 Å². The molecule has 1 aromatic rings. The number of nitrogens with two attached hydrogens (primary N) is 1. The Bertz CT molecular complexity index is 574. The lowest BCUT2D eigenvalue weighted by atomic mass is 10.00. The summed E-state index contributed by atoms with van der Waals surface area (Å²) in [5.41, 5.74) is 6.49. The van der Waals surface area contributed by atoms with Gasteiger partial charge in [0.1, 0.15) is 12.1 Å². The molecular formula is C15H17N3O3. The maximum atomic E-state index is 12.0. The molecule has 1 aromatic carbocycles. The van der Waals surface area contributed by atoms with Crippen LogP contribution in [0.2, 0.25) is 0 Å². The smallest absolute Gasteiger partial charge is 0.249 e. The number of hydrogen-bond donors (Lipinski definition) is 2. The first-order chi connectivity index (χ1) is 10.1. The summed E-state index contributed by atoms with van der Waals surface area (Å²) >= 11 is 0. The van der Waals surface area contributed by atoms with Crippen LogP contribution in [0.4, 0.5) is 0 Å². The molecule has 1 heterocycles. The van der Waals surface area contributed by atoms with Gasteiger partial charge in [0.25, 0.3) is 0 Å². The zero-order valence-corrected chi connectivity index (χ0v) is 11.5. The van der Waals surface area contributed by atoms with Crippen molar-refractivity contribution in [3.05, 3.63) is 35.4 Å². The molecule has 0 aromatic heterocycles. The van der Waals surface area contributed by atoms with Gasteiger partial charge in [-0.1, -0.05) is 18.2 Å². The molecule has 2 amide bonds. The van der Waals surface area contributed by atoms with Crippen LogP contribution in [0.1, 0.15) is 24.0 Å². The van der Waals surface area contributed by atoms with Gasteiger partial charge in [0.05, 0.1) is 11.6 Å². The van der Waals surface area contributed by atoms with Gasteiger partial charge in [0.2, 0.25) is 11.8 Å². The average molecular weight is 287 g/mol. The standard InChI is InChI=1S/C15H17N3O3/c16-9-11-5-2-1-4-10(11)8-12(14(17)19)18-15(20)13-6-3-7-21-13/h1-2,4-5,12-13H,3,6-8H2,(H2,17,19)(H,18,20)/t12-,13-/m1/s1. The number of hydrogen-bond acceptors (Lipinski definition) is 4. The van der Waals surface area contributed by atoms with Crippen molar-refractivity contribution in [2.45, 2.75) is 31.4 Å². The summed E-state index contributed by atoms with van der Waals surface area (Å²) in [6, 6.07) is 8.13. The van der Waals surface area contributed by atoms with E-state index in [-0.39, 0.29) is 12.3 Å². The van der Waals surface area contributed by atoms with E-state index in [0.717, 1.165) is 6.42 Å². The zero-order valence-electron chi connectivity index (χ0n) is 11.5. The molecule has 6 heteroatoms. The molecule has 2 rings (SSSR count). The Labute approximate surface area is 122 Å². The van der Waals surface area contributed by atoms with Crippen molar-refractivity contribution in [1.29, 1.82) is 5.26 Å². The van der Waals surface area contributed by atoms with Crippen LogP contribution in [0, 0.1) is 11.3 Å². The van der Waals surface area contributed by atoms with Crippen LogP contribution in [-0.4, -0.2) is 30.6 Å². The molecule has 21 heavy (non-hydrogen) atoms. The Kier molecular flexibility index (Phi) is 4.90. The van der Waals surface area contributed by atoms with Gasteiger partial charge in [-0.15, -0.1) is 0 Å². The average Bonchev–Trinajstić information content (AvgIpc) is 3.01. The number of benzene rings is 1. The SMILES string of the molecule is N#Cc1ccccc1C[C@@H](NC(=O)[C@H]1CCCO1)C(N)=O. The molecule has 0 spiro atoms. The van der Waals surface area contributed by atoms with Gasteiger partial charge < -0.3 is 15.8 Å². The van der Waals surface area contributed by atoms with Crippen LogP contribution in [0.3, 0.4) is 0 Å². The van der Waals surface area contributed by atoms with Gasteiger partial charge in [0, 0.05) is 13.0 Å². The molecular weight excluding hydrogens is 270 g/mol. The molecule has 0 aliphatic carbocycles. The van der Waals surface area contributed by atoms with Gasteiger partial charge >= 0.3 is 0 Å². The third-order valence-corrected chi connectivity index (χ3v) is 3.44. The second kappa shape index (κ2) is 6.86. The first-order valence-corrected chi connectivity index (χ1v) is 6.81. The Morgan fingerprint density at radius 3 is 2.86 bits per heavy atom. The highest BCUT2D eigenvalue weighted by molar-refractivity contribution is 5.88. The van der Waals surface area contributed by atoms with Crippen molar-refractivity contribution in [1.82, 2.24) is 5.32 Å². The number of carbonyl (C=O) groups excluding carboxylic acids is 2. The first kappa shape index (κ1) is 15.0. The first-order valence-electron chi connectivity index (χ1n) is 6.81. The zero-order chi connectivity index (χ0) is 15.2. The number of nitriles is 1. The largest absolute Gasteiger partial charge is 0.368 e. The number of amides is 2. The molecule has 1 aliphatic heterocycles. The summed E-state index contributed by atoms with van der Waals surface area (Å²) in [6.45, 7) is 0.552. The normalized spacial score (nSPS) is 18.7. The Morgan fingerprint density at radius 2 is 2.24 bits per heavy atom. The van der Waals surface area contributed by atoms with E-state index in [9.17, 15) is 9.59 Å². The van der Waals surface area contributed by atoms with Gasteiger partial charge in [0.15, 0.2) is 0 Å². The van der Waals surface area contributed by atoms with E-state index < -0.39 is 18.1 Å². The minimum absolute atomic E-state index is 0.192. The third kappa shape index (κ3) is 3.80. The lowest BCUT2D eigenvalue weighted by molar-refractivity contribution is -0.133. The van der Waals surface area contributed by atoms with Gasteiger partial charge in [-0.2, -0.15) is 5.26 Å². The summed E-state index contributed by atoms with van der Waals surface area (Å²) in [5.74, 6) is -0.958. The summed E-state index contributed by atoms with van der Waals surface area (Å²) in [4.78, 5) is 23.5. The van der Waals surface area contributed by atoms with E-state index in [1.165, 1.54) is 0 Å². The van der Waals surface area contributed by atoms with E-state index in [2.05, 4.69) is 11.4 Å². The van der Waals surface area contributed by atoms with Crippen LogP contribution < -0.4 is 11.1 Å². The fourth-order valence-corrected chi connectivity index (χ4v) is 2.30. The molecule has 0 saturated carbocycles. The van der Waals surface area contributed by atoms with Crippen molar-refractivity contribution in [2.24, 2.45) is 5.73 Å². The highest BCUT2D eigenvalue weighted by Crippen LogP contribution is 2.14. The summed E-state index contributed by atoms with van der Waals surface area (Å²) < 4.78 is 5.27. The molecule has 3 N–H and O–H groups in total. The molecule has 2 atom stereocenters. The maximum Gasteiger partial charge on any atom is 0.249 e. The topological polar surface area (TPSA) is 105 Å². The quantitative estimate of drug-likeness (QED) is 0.809. The molecule has 0 bridgehead atoms. The van der Waals surface area contributed by atoms with Crippen LogP contribution in [0.15, 0.2) is 24.3 Å². The molecule has 1 saturated heterocycles. The van der Waals surface area contributed by atoms with Gasteiger partial charge in [-0.3, -0.25) is 9.59 Å². The molecule has 6 nitrogen and oxygen atoms in total. The molecule has 110 valence electrons. The molecule has 0 radical (unpaired) electrons. The highest BCUT2D eigenvalue weighted by Gasteiger charge is 2.27. The summed E-state index contributed by atoms with van der Waals surface area (Å²) in [7, 11) is 0. The second-order valence-electron chi connectivity index (χ2n) is 4.94.